The largest absolute Gasteiger partial charge is 0.458 e. The summed E-state index contributed by atoms with van der Waals surface area (Å²) in [4.78, 5) is 26.4. The molecule has 7 rings (SSSR count). The number of carbonyl (C=O) groups is 2. The lowest BCUT2D eigenvalue weighted by Crippen LogP contribution is -2.69. The van der Waals surface area contributed by atoms with Gasteiger partial charge in [0.2, 0.25) is 5.78 Å². The lowest BCUT2D eigenvalue weighted by Gasteiger charge is -2.55. The molecule has 0 aromatic rings. The van der Waals surface area contributed by atoms with Gasteiger partial charge >= 0.3 is 5.97 Å². The maximum atomic E-state index is 13.8. The second kappa shape index (κ2) is 4.63. The summed E-state index contributed by atoms with van der Waals surface area (Å²) in [7, 11) is 0. The van der Waals surface area contributed by atoms with Crippen LogP contribution in [0.3, 0.4) is 0 Å². The topological polar surface area (TPSA) is 101 Å². The second-order valence-corrected chi connectivity index (χ2v) is 10.8. The van der Waals surface area contributed by atoms with Crippen LogP contribution in [0.15, 0.2) is 23.8 Å². The number of ether oxygens (including phenoxy) is 4. The Kier molecular flexibility index (Phi) is 2.79. The minimum atomic E-state index is -1.38. The first-order chi connectivity index (χ1) is 14.1. The molecule has 7 aliphatic rings. The smallest absolute Gasteiger partial charge is 0.337 e. The first-order valence-electron chi connectivity index (χ1n) is 11.0. The predicted molar refractivity (Wildman–Crippen MR) is 101 cm³/mol. The van der Waals surface area contributed by atoms with Crippen molar-refractivity contribution >= 4 is 11.8 Å². The summed E-state index contributed by atoms with van der Waals surface area (Å²) < 4.78 is 24.2. The van der Waals surface area contributed by atoms with Gasteiger partial charge < -0.3 is 24.1 Å². The maximum absolute atomic E-state index is 13.8. The summed E-state index contributed by atoms with van der Waals surface area (Å²) in [6, 6.07) is 0. The average molecular weight is 414 g/mol. The van der Waals surface area contributed by atoms with Crippen LogP contribution in [0.4, 0.5) is 0 Å². The van der Waals surface area contributed by atoms with E-state index in [9.17, 15) is 14.7 Å². The zero-order chi connectivity index (χ0) is 21.1. The van der Waals surface area contributed by atoms with Crippen LogP contribution in [0.1, 0.15) is 40.0 Å². The van der Waals surface area contributed by atoms with E-state index in [1.54, 1.807) is 6.08 Å². The van der Waals surface area contributed by atoms with Crippen molar-refractivity contribution in [1.29, 1.82) is 0 Å². The number of fused-ring (bicyclic) bond motifs is 4. The Hall–Kier alpha value is -1.54. The molecule has 0 radical (unpaired) electrons. The molecule has 5 fully saturated rings. The molecule has 1 unspecified atom stereocenters. The molecule has 160 valence electrons. The van der Waals surface area contributed by atoms with Crippen LogP contribution in [0.25, 0.3) is 0 Å². The Morgan fingerprint density at radius 1 is 1.23 bits per heavy atom. The van der Waals surface area contributed by atoms with E-state index in [0.29, 0.717) is 18.4 Å². The lowest BCUT2D eigenvalue weighted by atomic mass is 9.45. The molecule has 3 saturated heterocycles. The third kappa shape index (κ3) is 1.46. The quantitative estimate of drug-likeness (QED) is 0.421. The van der Waals surface area contributed by atoms with Gasteiger partial charge in [-0.25, -0.2) is 4.79 Å². The highest BCUT2D eigenvalue weighted by molar-refractivity contribution is 6.05. The molecule has 0 amide bonds. The summed E-state index contributed by atoms with van der Waals surface area (Å²) in [6.07, 6.45) is 2.06. The number of cyclic esters (lactones) is 1. The number of esters is 1. The van der Waals surface area contributed by atoms with Gasteiger partial charge in [-0.2, -0.15) is 0 Å². The number of Topliss-reactive ketones (excluding diaryl/α,β-unsaturated/α-hetero) is 1. The van der Waals surface area contributed by atoms with E-state index < -0.39 is 33.8 Å². The van der Waals surface area contributed by atoms with E-state index in [1.807, 2.05) is 13.8 Å². The summed E-state index contributed by atoms with van der Waals surface area (Å²) in [6.45, 7) is 10.1. The van der Waals surface area contributed by atoms with Crippen molar-refractivity contribution in [3.63, 3.8) is 0 Å². The molecule has 3 aliphatic carbocycles. The number of rotatable bonds is 3. The molecule has 0 aromatic carbocycles. The molecular formula is C23H26O7. The second-order valence-electron chi connectivity index (χ2n) is 10.8. The van der Waals surface area contributed by atoms with Crippen molar-refractivity contribution in [2.24, 2.45) is 17.3 Å². The normalized spacial score (nSPS) is 58.7. The van der Waals surface area contributed by atoms with Gasteiger partial charge in [0.25, 0.3) is 0 Å². The van der Waals surface area contributed by atoms with Gasteiger partial charge in [-0.15, -0.1) is 6.58 Å². The van der Waals surface area contributed by atoms with Crippen molar-refractivity contribution in [1.82, 2.24) is 0 Å². The van der Waals surface area contributed by atoms with E-state index in [2.05, 4.69) is 13.5 Å². The summed E-state index contributed by atoms with van der Waals surface area (Å²) >= 11 is 0. The van der Waals surface area contributed by atoms with Gasteiger partial charge in [-0.1, -0.05) is 26.8 Å². The molecule has 30 heavy (non-hydrogen) atoms. The highest BCUT2D eigenvalue weighted by atomic mass is 16.7. The minimum Gasteiger partial charge on any atom is -0.458 e. The first kappa shape index (κ1) is 18.1. The number of epoxide rings is 3. The van der Waals surface area contributed by atoms with Crippen LogP contribution in [0.2, 0.25) is 0 Å². The molecule has 7 nitrogen and oxygen atoms in total. The number of ketones is 1. The van der Waals surface area contributed by atoms with Gasteiger partial charge in [0.05, 0.1) is 11.7 Å². The van der Waals surface area contributed by atoms with Gasteiger partial charge in [0.1, 0.15) is 30.0 Å². The molecule has 4 heterocycles. The maximum Gasteiger partial charge on any atom is 0.337 e. The Labute approximate surface area is 174 Å². The van der Waals surface area contributed by atoms with Crippen LogP contribution in [0, 0.1) is 17.3 Å². The van der Waals surface area contributed by atoms with Gasteiger partial charge in [-0.05, 0) is 36.7 Å². The predicted octanol–water partition coefficient (Wildman–Crippen LogP) is 1.23. The lowest BCUT2D eigenvalue weighted by molar-refractivity contribution is -0.144. The zero-order valence-corrected chi connectivity index (χ0v) is 17.4. The summed E-state index contributed by atoms with van der Waals surface area (Å²) in [5, 5.41) is 11.7. The molecule has 0 aromatic heterocycles. The number of hydrogen-bond donors (Lipinski definition) is 1. The van der Waals surface area contributed by atoms with E-state index in [4.69, 9.17) is 18.9 Å². The molecule has 9 atom stereocenters. The van der Waals surface area contributed by atoms with Crippen LogP contribution >= 0.6 is 0 Å². The van der Waals surface area contributed by atoms with Crippen LogP contribution in [0.5, 0.6) is 0 Å². The van der Waals surface area contributed by atoms with Gasteiger partial charge in [0.15, 0.2) is 11.2 Å². The fraction of sp³-hybridized carbons (Fsp3) is 0.739. The monoisotopic (exact) mass is 414 g/mol. The van der Waals surface area contributed by atoms with Crippen LogP contribution in [-0.4, -0.2) is 64.2 Å². The van der Waals surface area contributed by atoms with E-state index in [0.717, 1.165) is 5.57 Å². The Balaban J connectivity index is 1.42. The highest BCUT2D eigenvalue weighted by Gasteiger charge is 3.01. The standard InChI is InChI=1S/C23H26O7/c1-5-6-20(26)9-19(4)12(11-8-27-17(24)14(11)20)7-13-22(28-13)18(25)21(10(2)3)15(29-21)16-23(19,22)30-16/h5,10,12-13,15-16,26H,1,6-9H2,2-4H3/t12-,13-,15-,16-,19-,20?,21-,22+,23+/m0/s1. The third-order valence-electron chi connectivity index (χ3n) is 9.42. The summed E-state index contributed by atoms with van der Waals surface area (Å²) in [5.41, 5.74) is -3.39. The molecule has 0 bridgehead atoms. The average Bonchev–Trinajstić information content (AvgIpc) is 3.55. The Bertz CT molecular complexity index is 1000. The van der Waals surface area contributed by atoms with Crippen molar-refractivity contribution < 1.29 is 33.6 Å². The fourth-order valence-electron chi connectivity index (χ4n) is 8.19. The number of aliphatic hydroxyl groups is 1. The molecule has 4 aliphatic heterocycles. The molecule has 2 saturated carbocycles. The number of hydrogen-bond acceptors (Lipinski definition) is 7. The Morgan fingerprint density at radius 3 is 2.70 bits per heavy atom. The van der Waals surface area contributed by atoms with Gasteiger partial charge in [0, 0.05) is 5.41 Å². The van der Waals surface area contributed by atoms with Crippen molar-refractivity contribution in [2.45, 2.75) is 80.7 Å². The fourth-order valence-corrected chi connectivity index (χ4v) is 8.19. The third-order valence-corrected chi connectivity index (χ3v) is 9.42. The summed E-state index contributed by atoms with van der Waals surface area (Å²) in [5.74, 6) is -0.437. The molecule has 1 N–H and O–H groups in total. The minimum absolute atomic E-state index is 0.0132. The van der Waals surface area contributed by atoms with Crippen LogP contribution < -0.4 is 0 Å². The first-order valence-corrected chi connectivity index (χ1v) is 11.0. The van der Waals surface area contributed by atoms with E-state index in [1.165, 1.54) is 0 Å². The van der Waals surface area contributed by atoms with E-state index in [-0.39, 0.29) is 49.0 Å². The van der Waals surface area contributed by atoms with Crippen molar-refractivity contribution in [3.05, 3.63) is 23.8 Å². The van der Waals surface area contributed by atoms with Gasteiger partial charge in [-0.3, -0.25) is 4.79 Å². The van der Waals surface area contributed by atoms with E-state index >= 15 is 0 Å². The molecule has 2 spiro atoms. The highest BCUT2D eigenvalue weighted by Crippen LogP contribution is 2.82. The Morgan fingerprint density at radius 2 is 2.00 bits per heavy atom. The SMILES string of the molecule is C=CCC1(O)C[C@@]2(C)[C@@H](C[C@@H]3O[C@@]34C(=O)[C@@]3(C(C)C)O[C@H]3[C@@H]3O[C@]324)C2=C1C(=O)OC2. The van der Waals surface area contributed by atoms with Crippen molar-refractivity contribution in [2.75, 3.05) is 6.61 Å². The molecule has 7 heteroatoms. The zero-order valence-electron chi connectivity index (χ0n) is 17.4. The molecular weight excluding hydrogens is 388 g/mol. The van der Waals surface area contributed by atoms with Crippen molar-refractivity contribution in [3.8, 4) is 0 Å². The van der Waals surface area contributed by atoms with Crippen LogP contribution in [-0.2, 0) is 28.5 Å². The number of carbonyl (C=O) groups excluding carboxylic acids is 2.